The molecule has 0 unspecified atom stereocenters. The lowest BCUT2D eigenvalue weighted by atomic mass is 10.0. The summed E-state index contributed by atoms with van der Waals surface area (Å²) in [6, 6.07) is 6.16. The van der Waals surface area contributed by atoms with E-state index < -0.39 is 17.8 Å². The molecule has 0 spiro atoms. The smallest absolute Gasteiger partial charge is 0.417 e. The molecule has 4 heterocycles. The van der Waals surface area contributed by atoms with Gasteiger partial charge < -0.3 is 24.6 Å². The number of benzene rings is 1. The van der Waals surface area contributed by atoms with Crippen LogP contribution in [0.25, 0.3) is 22.6 Å². The standard InChI is InChI=1S/C28H28ClF3N6O3/c1-14-25(24-15(2)37-41-16(24)3)35-26(21-8-20(5-6-22(21)29)40-13-19(39)10-33-4)36-27(14)38-11-17-7-18(28(30,31)32)9-34-23(17)12-38/h5-9,19,33,39H,10-13H2,1-4H3/t19-/m1/s1. The van der Waals surface area contributed by atoms with E-state index in [1.54, 1.807) is 39.1 Å². The lowest BCUT2D eigenvalue weighted by Gasteiger charge is -2.22. The number of aromatic nitrogens is 4. The Bertz CT molecular complexity index is 1570. The van der Waals surface area contributed by atoms with E-state index in [0.29, 0.717) is 68.2 Å². The number of alkyl halides is 3. The second-order valence-corrected chi connectivity index (χ2v) is 10.3. The zero-order valence-corrected chi connectivity index (χ0v) is 23.6. The maximum absolute atomic E-state index is 13.3. The van der Waals surface area contributed by atoms with Crippen LogP contribution in [0.2, 0.25) is 5.02 Å². The fourth-order valence-corrected chi connectivity index (χ4v) is 5.02. The van der Waals surface area contributed by atoms with Gasteiger partial charge in [-0.05, 0) is 57.6 Å². The van der Waals surface area contributed by atoms with Gasteiger partial charge in [-0.2, -0.15) is 13.2 Å². The Morgan fingerprint density at radius 3 is 2.63 bits per heavy atom. The van der Waals surface area contributed by atoms with Crippen LogP contribution in [0.15, 0.2) is 35.0 Å². The Balaban J connectivity index is 1.59. The summed E-state index contributed by atoms with van der Waals surface area (Å²) in [6.45, 7) is 6.31. The Hall–Kier alpha value is -3.74. The van der Waals surface area contributed by atoms with E-state index in [2.05, 4.69) is 15.5 Å². The highest BCUT2D eigenvalue weighted by Gasteiger charge is 2.34. The zero-order chi connectivity index (χ0) is 29.5. The van der Waals surface area contributed by atoms with Crippen LogP contribution in [0.5, 0.6) is 5.75 Å². The Kier molecular flexibility index (Phi) is 7.91. The van der Waals surface area contributed by atoms with Gasteiger partial charge in [-0.15, -0.1) is 0 Å². The first-order chi connectivity index (χ1) is 19.5. The van der Waals surface area contributed by atoms with Crippen LogP contribution in [0, 0.1) is 20.8 Å². The number of likely N-dealkylation sites (N-methyl/N-ethyl adjacent to an activating group) is 1. The maximum Gasteiger partial charge on any atom is 0.417 e. The SMILES string of the molecule is CNC[C@@H](O)COc1ccc(Cl)c(-c2nc(-c3c(C)noc3C)c(C)c(N3Cc4cc(C(F)(F)F)cnc4C3)n2)c1. The molecule has 0 fully saturated rings. The minimum absolute atomic E-state index is 0.0607. The molecule has 9 nitrogen and oxygen atoms in total. The number of nitrogens with one attached hydrogen (secondary N) is 1. The lowest BCUT2D eigenvalue weighted by Crippen LogP contribution is -2.29. The van der Waals surface area contributed by atoms with Gasteiger partial charge in [0.05, 0.1) is 39.8 Å². The molecule has 41 heavy (non-hydrogen) atoms. The summed E-state index contributed by atoms with van der Waals surface area (Å²) in [5.74, 6) is 1.82. The lowest BCUT2D eigenvalue weighted by molar-refractivity contribution is -0.137. The normalized spacial score (nSPS) is 13.9. The molecule has 3 aromatic heterocycles. The van der Waals surface area contributed by atoms with Gasteiger partial charge in [0.2, 0.25) is 0 Å². The van der Waals surface area contributed by atoms with Crippen LogP contribution in [0.4, 0.5) is 19.0 Å². The number of hydrogen-bond donors (Lipinski definition) is 2. The van der Waals surface area contributed by atoms with E-state index in [9.17, 15) is 18.3 Å². The van der Waals surface area contributed by atoms with E-state index in [4.69, 9.17) is 30.8 Å². The molecule has 0 saturated heterocycles. The molecule has 0 bridgehead atoms. The molecule has 0 saturated carbocycles. The van der Waals surface area contributed by atoms with Crippen molar-refractivity contribution in [1.29, 1.82) is 0 Å². The van der Waals surface area contributed by atoms with E-state index in [0.717, 1.165) is 12.3 Å². The second kappa shape index (κ2) is 11.3. The van der Waals surface area contributed by atoms with Crippen molar-refractivity contribution < 1.29 is 27.5 Å². The quantitative estimate of drug-likeness (QED) is 0.284. The first-order valence-corrected chi connectivity index (χ1v) is 13.2. The molecule has 1 aromatic carbocycles. The van der Waals surface area contributed by atoms with Gasteiger partial charge in [0.25, 0.3) is 0 Å². The van der Waals surface area contributed by atoms with Crippen molar-refractivity contribution in [2.75, 3.05) is 25.1 Å². The topological polar surface area (TPSA) is 109 Å². The number of aliphatic hydroxyl groups excluding tert-OH is 1. The third kappa shape index (κ3) is 5.85. The van der Waals surface area contributed by atoms with Gasteiger partial charge in [0.1, 0.15) is 30.0 Å². The second-order valence-electron chi connectivity index (χ2n) is 9.89. The highest BCUT2D eigenvalue weighted by Crippen LogP contribution is 2.39. The minimum atomic E-state index is -4.49. The highest BCUT2D eigenvalue weighted by molar-refractivity contribution is 6.33. The molecule has 13 heteroatoms. The van der Waals surface area contributed by atoms with Gasteiger partial charge >= 0.3 is 6.18 Å². The van der Waals surface area contributed by atoms with Crippen LogP contribution in [-0.2, 0) is 19.3 Å². The van der Waals surface area contributed by atoms with Crippen molar-refractivity contribution >= 4 is 17.4 Å². The monoisotopic (exact) mass is 588 g/mol. The maximum atomic E-state index is 13.3. The summed E-state index contributed by atoms with van der Waals surface area (Å²) in [7, 11) is 1.73. The van der Waals surface area contributed by atoms with Gasteiger partial charge in [-0.25, -0.2) is 9.97 Å². The van der Waals surface area contributed by atoms with Crippen LogP contribution in [0.3, 0.4) is 0 Å². The average Bonchev–Trinajstić information content (AvgIpc) is 3.50. The fourth-order valence-electron chi connectivity index (χ4n) is 4.82. The minimum Gasteiger partial charge on any atom is -0.491 e. The Morgan fingerprint density at radius 1 is 1.17 bits per heavy atom. The number of aliphatic hydroxyl groups is 1. The third-order valence-electron chi connectivity index (χ3n) is 6.84. The molecule has 4 aromatic rings. The fraction of sp³-hybridized carbons (Fsp3) is 0.357. The van der Waals surface area contributed by atoms with E-state index >= 15 is 0 Å². The van der Waals surface area contributed by atoms with Gasteiger partial charge in [-0.3, -0.25) is 4.98 Å². The third-order valence-corrected chi connectivity index (χ3v) is 7.17. The molecular formula is C28H28ClF3N6O3. The predicted octanol–water partition coefficient (Wildman–Crippen LogP) is 5.27. The van der Waals surface area contributed by atoms with Crippen molar-refractivity contribution in [2.45, 2.75) is 46.1 Å². The highest BCUT2D eigenvalue weighted by atomic mass is 35.5. The van der Waals surface area contributed by atoms with Crippen LogP contribution < -0.4 is 15.0 Å². The van der Waals surface area contributed by atoms with Crippen LogP contribution in [0.1, 0.15) is 33.8 Å². The molecule has 1 aliphatic heterocycles. The molecule has 5 rings (SSSR count). The average molecular weight is 589 g/mol. The molecule has 1 atom stereocenters. The molecular weight excluding hydrogens is 561 g/mol. The predicted molar refractivity (Wildman–Crippen MR) is 147 cm³/mol. The summed E-state index contributed by atoms with van der Waals surface area (Å²) in [4.78, 5) is 15.7. The number of rotatable bonds is 8. The van der Waals surface area contributed by atoms with Crippen molar-refractivity contribution in [3.8, 4) is 28.4 Å². The number of pyridine rings is 1. The number of hydrogen-bond acceptors (Lipinski definition) is 9. The molecule has 0 radical (unpaired) electrons. The number of nitrogens with zero attached hydrogens (tertiary/aromatic N) is 5. The van der Waals surface area contributed by atoms with Crippen molar-refractivity contribution in [1.82, 2.24) is 25.4 Å². The molecule has 1 aliphatic rings. The number of ether oxygens (including phenoxy) is 1. The van der Waals surface area contributed by atoms with Crippen LogP contribution in [-0.4, -0.2) is 51.5 Å². The summed E-state index contributed by atoms with van der Waals surface area (Å²) in [5.41, 5.74) is 3.30. The van der Waals surface area contributed by atoms with Gasteiger partial charge in [-0.1, -0.05) is 16.8 Å². The number of aryl methyl sites for hydroxylation is 2. The molecule has 216 valence electrons. The summed E-state index contributed by atoms with van der Waals surface area (Å²) >= 11 is 6.61. The number of fused-ring (bicyclic) bond motifs is 1. The molecule has 0 amide bonds. The van der Waals surface area contributed by atoms with E-state index in [1.807, 2.05) is 11.8 Å². The van der Waals surface area contributed by atoms with Crippen LogP contribution >= 0.6 is 11.6 Å². The molecule has 2 N–H and O–H groups in total. The van der Waals surface area contributed by atoms with Crippen molar-refractivity contribution in [2.24, 2.45) is 0 Å². The number of anilines is 1. The van der Waals surface area contributed by atoms with E-state index in [-0.39, 0.29) is 25.5 Å². The Morgan fingerprint density at radius 2 is 1.95 bits per heavy atom. The van der Waals surface area contributed by atoms with Crippen molar-refractivity contribution in [3.05, 3.63) is 69.3 Å². The Labute approximate surface area is 239 Å². The summed E-state index contributed by atoms with van der Waals surface area (Å²) < 4.78 is 51.2. The first-order valence-electron chi connectivity index (χ1n) is 12.8. The summed E-state index contributed by atoms with van der Waals surface area (Å²) in [6.07, 6.45) is -4.35. The number of halogens is 4. The van der Waals surface area contributed by atoms with Crippen molar-refractivity contribution in [3.63, 3.8) is 0 Å². The van der Waals surface area contributed by atoms with Gasteiger partial charge in [0, 0.05) is 30.4 Å². The first kappa shape index (κ1) is 28.8. The largest absolute Gasteiger partial charge is 0.491 e. The zero-order valence-electron chi connectivity index (χ0n) is 22.8. The van der Waals surface area contributed by atoms with E-state index in [1.165, 1.54) is 0 Å². The summed E-state index contributed by atoms with van der Waals surface area (Å²) in [5, 5.41) is 17.4. The molecule has 0 aliphatic carbocycles. The van der Waals surface area contributed by atoms with Gasteiger partial charge in [0.15, 0.2) is 5.82 Å².